The lowest BCUT2D eigenvalue weighted by atomic mass is 9.94. The third-order valence-electron chi connectivity index (χ3n) is 3.50. The molecule has 8 nitrogen and oxygen atoms in total. The first kappa shape index (κ1) is 19.1. The first-order chi connectivity index (χ1) is 10.4. The van der Waals surface area contributed by atoms with Crippen molar-refractivity contribution >= 4 is 23.8 Å². The fourth-order valence-corrected chi connectivity index (χ4v) is 1.78. The molecule has 1 saturated heterocycles. The maximum Gasteiger partial charge on any atom is 0.341 e. The van der Waals surface area contributed by atoms with E-state index >= 15 is 0 Å². The number of hydrogen-bond donors (Lipinski definition) is 1. The number of amides is 2. The van der Waals surface area contributed by atoms with E-state index in [1.807, 2.05) is 0 Å². The Morgan fingerprint density at radius 3 is 2.13 bits per heavy atom. The summed E-state index contributed by atoms with van der Waals surface area (Å²) >= 11 is 0. The van der Waals surface area contributed by atoms with Crippen molar-refractivity contribution in [3.63, 3.8) is 0 Å². The Morgan fingerprint density at radius 1 is 1.13 bits per heavy atom. The van der Waals surface area contributed by atoms with Crippen LogP contribution in [0.5, 0.6) is 0 Å². The van der Waals surface area contributed by atoms with Gasteiger partial charge in [0.25, 0.3) is 11.8 Å². The fourth-order valence-electron chi connectivity index (χ4n) is 1.78. The topological polar surface area (TPSA) is 110 Å². The molecule has 2 amide bonds. The molecule has 1 rings (SSSR count). The van der Waals surface area contributed by atoms with Gasteiger partial charge in [-0.25, -0.2) is 4.79 Å². The first-order valence-electron chi connectivity index (χ1n) is 7.38. The maximum absolute atomic E-state index is 12.2. The van der Waals surface area contributed by atoms with Crippen molar-refractivity contribution in [3.05, 3.63) is 0 Å². The average molecular weight is 329 g/mol. The highest BCUT2D eigenvalue weighted by atomic mass is 16.7. The van der Waals surface area contributed by atoms with Crippen LogP contribution in [0.25, 0.3) is 0 Å². The Balaban J connectivity index is 2.57. The normalized spacial score (nSPS) is 15.9. The van der Waals surface area contributed by atoms with Gasteiger partial charge in [0.05, 0.1) is 17.6 Å². The van der Waals surface area contributed by atoms with Crippen molar-refractivity contribution in [1.29, 1.82) is 0 Å². The predicted octanol–water partition coefficient (Wildman–Crippen LogP) is 1.28. The van der Waals surface area contributed by atoms with E-state index in [0.717, 1.165) is 0 Å². The maximum atomic E-state index is 12.2. The van der Waals surface area contributed by atoms with Crippen LogP contribution in [0, 0.1) is 5.41 Å². The second-order valence-electron chi connectivity index (χ2n) is 6.79. The van der Waals surface area contributed by atoms with E-state index in [0.29, 0.717) is 5.06 Å². The molecule has 0 unspecified atom stereocenters. The molecule has 23 heavy (non-hydrogen) atoms. The highest BCUT2D eigenvalue weighted by Gasteiger charge is 2.39. The summed E-state index contributed by atoms with van der Waals surface area (Å²) in [5.41, 5.74) is -1.82. The van der Waals surface area contributed by atoms with Gasteiger partial charge < -0.3 is 14.7 Å². The lowest BCUT2D eigenvalue weighted by molar-refractivity contribution is -0.207. The average Bonchev–Trinajstić information content (AvgIpc) is 2.75. The standard InChI is InChI=1S/C15H23NO7/c1-14(2,9-22-15(3,4)8-7-12(19)20)13(21)23-16-10(17)5-6-11(16)18/h5-9H2,1-4H3,(H,19,20). The summed E-state index contributed by atoms with van der Waals surface area (Å²) in [6.45, 7) is 6.55. The van der Waals surface area contributed by atoms with Gasteiger partial charge >= 0.3 is 11.9 Å². The van der Waals surface area contributed by atoms with Gasteiger partial charge in [-0.3, -0.25) is 14.4 Å². The number of hydrogen-bond acceptors (Lipinski definition) is 6. The van der Waals surface area contributed by atoms with Gasteiger partial charge in [0, 0.05) is 19.3 Å². The van der Waals surface area contributed by atoms with Crippen LogP contribution < -0.4 is 0 Å². The van der Waals surface area contributed by atoms with Crippen molar-refractivity contribution in [1.82, 2.24) is 5.06 Å². The molecule has 1 N–H and O–H groups in total. The highest BCUT2D eigenvalue weighted by Crippen LogP contribution is 2.25. The Kier molecular flexibility index (Phi) is 5.87. The number of nitrogens with zero attached hydrogens (tertiary/aromatic N) is 1. The molecule has 0 radical (unpaired) electrons. The van der Waals surface area contributed by atoms with Crippen molar-refractivity contribution in [2.24, 2.45) is 5.41 Å². The molecule has 8 heteroatoms. The Morgan fingerprint density at radius 2 is 1.65 bits per heavy atom. The van der Waals surface area contributed by atoms with Crippen LogP contribution in [0.3, 0.4) is 0 Å². The van der Waals surface area contributed by atoms with Crippen LogP contribution >= 0.6 is 0 Å². The smallest absolute Gasteiger partial charge is 0.341 e. The summed E-state index contributed by atoms with van der Waals surface area (Å²) in [6, 6.07) is 0. The number of imide groups is 1. The van der Waals surface area contributed by atoms with E-state index in [1.165, 1.54) is 0 Å². The third kappa shape index (κ3) is 5.63. The minimum absolute atomic E-state index is 0.0330. The summed E-state index contributed by atoms with van der Waals surface area (Å²) < 4.78 is 5.63. The molecule has 0 aliphatic carbocycles. The van der Waals surface area contributed by atoms with Gasteiger partial charge in [-0.15, -0.1) is 5.06 Å². The number of carboxylic acid groups (broad SMARTS) is 1. The van der Waals surface area contributed by atoms with Crippen molar-refractivity contribution < 1.29 is 33.9 Å². The zero-order valence-electron chi connectivity index (χ0n) is 13.9. The van der Waals surface area contributed by atoms with Crippen LogP contribution in [-0.2, 0) is 28.8 Å². The van der Waals surface area contributed by atoms with Gasteiger partial charge in [0.15, 0.2) is 0 Å². The molecule has 0 atom stereocenters. The lowest BCUT2D eigenvalue weighted by Gasteiger charge is -2.30. The largest absolute Gasteiger partial charge is 0.481 e. The van der Waals surface area contributed by atoms with E-state index < -0.39 is 34.8 Å². The number of hydroxylamine groups is 2. The van der Waals surface area contributed by atoms with Crippen LogP contribution in [-0.4, -0.2) is 46.1 Å². The predicted molar refractivity (Wildman–Crippen MR) is 77.9 cm³/mol. The Bertz CT molecular complexity index is 494. The summed E-state index contributed by atoms with van der Waals surface area (Å²) in [6.07, 6.45) is 0.307. The number of carboxylic acids is 1. The molecule has 1 aliphatic rings. The molecular weight excluding hydrogens is 306 g/mol. The Labute approximate surface area is 134 Å². The molecule has 1 heterocycles. The molecular formula is C15H23NO7. The quantitative estimate of drug-likeness (QED) is 0.668. The van der Waals surface area contributed by atoms with Crippen LogP contribution in [0.15, 0.2) is 0 Å². The van der Waals surface area contributed by atoms with Gasteiger partial charge in [-0.1, -0.05) is 0 Å². The highest BCUT2D eigenvalue weighted by molar-refractivity contribution is 6.01. The molecule has 1 aliphatic heterocycles. The van der Waals surface area contributed by atoms with Gasteiger partial charge in [0.1, 0.15) is 0 Å². The number of ether oxygens (including phenoxy) is 1. The molecule has 0 spiro atoms. The summed E-state index contributed by atoms with van der Waals surface area (Å²) in [5.74, 6) is -2.76. The Hall–Kier alpha value is -1.96. The van der Waals surface area contributed by atoms with E-state index in [-0.39, 0.29) is 32.3 Å². The minimum Gasteiger partial charge on any atom is -0.481 e. The molecule has 130 valence electrons. The fraction of sp³-hybridized carbons (Fsp3) is 0.733. The monoisotopic (exact) mass is 329 g/mol. The molecule has 0 aromatic carbocycles. The number of aliphatic carboxylic acids is 1. The zero-order valence-corrected chi connectivity index (χ0v) is 13.9. The van der Waals surface area contributed by atoms with E-state index in [9.17, 15) is 19.2 Å². The molecule has 1 fully saturated rings. The number of rotatable bonds is 8. The molecule has 0 aromatic rings. The number of carbonyl (C=O) groups excluding carboxylic acids is 3. The molecule has 0 saturated carbocycles. The van der Waals surface area contributed by atoms with E-state index in [1.54, 1.807) is 27.7 Å². The first-order valence-corrected chi connectivity index (χ1v) is 7.38. The summed E-state index contributed by atoms with van der Waals surface area (Å²) in [4.78, 5) is 50.6. The third-order valence-corrected chi connectivity index (χ3v) is 3.50. The minimum atomic E-state index is -1.09. The second-order valence-corrected chi connectivity index (χ2v) is 6.79. The molecule has 0 aromatic heterocycles. The van der Waals surface area contributed by atoms with Gasteiger partial charge in [0.2, 0.25) is 0 Å². The van der Waals surface area contributed by atoms with Crippen molar-refractivity contribution in [3.8, 4) is 0 Å². The summed E-state index contributed by atoms with van der Waals surface area (Å²) in [5, 5.41) is 9.20. The SMILES string of the molecule is CC(C)(CCC(=O)O)OCC(C)(C)C(=O)ON1C(=O)CCC1=O. The summed E-state index contributed by atoms with van der Waals surface area (Å²) in [7, 11) is 0. The van der Waals surface area contributed by atoms with Crippen LogP contribution in [0.2, 0.25) is 0 Å². The van der Waals surface area contributed by atoms with Gasteiger partial charge in [-0.05, 0) is 34.1 Å². The van der Waals surface area contributed by atoms with Gasteiger partial charge in [-0.2, -0.15) is 0 Å². The van der Waals surface area contributed by atoms with Crippen molar-refractivity contribution in [2.45, 2.75) is 59.0 Å². The second kappa shape index (κ2) is 7.08. The van der Waals surface area contributed by atoms with E-state index in [4.69, 9.17) is 14.7 Å². The van der Waals surface area contributed by atoms with E-state index in [2.05, 4.69) is 0 Å². The lowest BCUT2D eigenvalue weighted by Crippen LogP contribution is -2.41. The van der Waals surface area contributed by atoms with Crippen LogP contribution in [0.1, 0.15) is 53.4 Å². The number of carbonyl (C=O) groups is 4. The molecule has 0 bridgehead atoms. The van der Waals surface area contributed by atoms with Crippen LogP contribution in [0.4, 0.5) is 0 Å². The zero-order chi connectivity index (χ0) is 17.8. The van der Waals surface area contributed by atoms with Crippen molar-refractivity contribution in [2.75, 3.05) is 6.61 Å².